The highest BCUT2D eigenvalue weighted by molar-refractivity contribution is 4.87. The van der Waals surface area contributed by atoms with Crippen molar-refractivity contribution in [2.45, 2.75) is 70.6 Å². The minimum Gasteiger partial charge on any atom is -0.312 e. The van der Waals surface area contributed by atoms with Crippen LogP contribution < -0.4 is 5.32 Å². The molecule has 5 heteroatoms. The Morgan fingerprint density at radius 3 is 2.14 bits per heavy atom. The zero-order chi connectivity index (χ0) is 16.0. The van der Waals surface area contributed by atoms with E-state index in [9.17, 15) is 13.2 Å². The van der Waals surface area contributed by atoms with Crippen LogP contribution in [0.15, 0.2) is 0 Å². The van der Waals surface area contributed by atoms with E-state index in [0.29, 0.717) is 31.3 Å². The quantitative estimate of drug-likeness (QED) is 0.763. The average Bonchev–Trinajstić information content (AvgIpc) is 2.42. The molecule has 0 radical (unpaired) electrons. The van der Waals surface area contributed by atoms with Crippen LogP contribution in [-0.4, -0.2) is 43.8 Å². The topological polar surface area (TPSA) is 15.3 Å². The van der Waals surface area contributed by atoms with Crippen LogP contribution in [0.2, 0.25) is 0 Å². The molecule has 3 unspecified atom stereocenters. The lowest BCUT2D eigenvalue weighted by Gasteiger charge is -2.37. The summed E-state index contributed by atoms with van der Waals surface area (Å²) in [7, 11) is 4.04. The molecule has 0 aromatic rings. The molecular formula is C16H31F3N2. The van der Waals surface area contributed by atoms with Crippen LogP contribution in [0, 0.1) is 11.8 Å². The van der Waals surface area contributed by atoms with Gasteiger partial charge in [-0.15, -0.1) is 0 Å². The Morgan fingerprint density at radius 2 is 1.67 bits per heavy atom. The molecule has 0 bridgehead atoms. The number of rotatable bonds is 7. The van der Waals surface area contributed by atoms with E-state index in [0.717, 1.165) is 19.3 Å². The summed E-state index contributed by atoms with van der Waals surface area (Å²) in [5, 5.41) is 3.25. The van der Waals surface area contributed by atoms with Crippen molar-refractivity contribution in [2.75, 3.05) is 20.6 Å². The number of alkyl halides is 3. The highest BCUT2D eigenvalue weighted by atomic mass is 19.4. The molecule has 1 fully saturated rings. The number of halogens is 3. The molecular weight excluding hydrogens is 277 g/mol. The van der Waals surface area contributed by atoms with Gasteiger partial charge in [-0.1, -0.05) is 39.5 Å². The van der Waals surface area contributed by atoms with Crippen LogP contribution >= 0.6 is 0 Å². The molecule has 0 aromatic heterocycles. The van der Waals surface area contributed by atoms with Crippen LogP contribution in [0.5, 0.6) is 0 Å². The van der Waals surface area contributed by atoms with Crippen molar-refractivity contribution in [3.8, 4) is 0 Å². The lowest BCUT2D eigenvalue weighted by Crippen LogP contribution is -2.51. The second kappa shape index (κ2) is 8.37. The number of hydrogen-bond acceptors (Lipinski definition) is 2. The van der Waals surface area contributed by atoms with Crippen molar-refractivity contribution in [2.24, 2.45) is 11.8 Å². The van der Waals surface area contributed by atoms with Crippen LogP contribution in [-0.2, 0) is 0 Å². The van der Waals surface area contributed by atoms with E-state index >= 15 is 0 Å². The van der Waals surface area contributed by atoms with Crippen molar-refractivity contribution in [1.82, 2.24) is 10.2 Å². The standard InChI is InChI=1S/C16H31F3N2/c1-5-12(6-2)15(21(3)4)11-20-14-10-8-7-9-13(14)16(17,18)19/h12-15,20H,5-11H2,1-4H3. The number of nitrogens with one attached hydrogen (secondary N) is 1. The first-order chi connectivity index (χ1) is 9.81. The third kappa shape index (κ3) is 5.44. The van der Waals surface area contributed by atoms with E-state index in [-0.39, 0.29) is 6.42 Å². The molecule has 0 saturated heterocycles. The van der Waals surface area contributed by atoms with E-state index in [4.69, 9.17) is 0 Å². The third-order valence-electron chi connectivity index (χ3n) is 5.03. The maximum Gasteiger partial charge on any atom is 0.393 e. The first-order valence-corrected chi connectivity index (χ1v) is 8.27. The second-order valence-corrected chi connectivity index (χ2v) is 6.55. The molecule has 2 nitrogen and oxygen atoms in total. The molecule has 21 heavy (non-hydrogen) atoms. The predicted octanol–water partition coefficient (Wildman–Crippen LogP) is 4.06. The summed E-state index contributed by atoms with van der Waals surface area (Å²) in [5.41, 5.74) is 0. The van der Waals surface area contributed by atoms with Crippen LogP contribution in [0.3, 0.4) is 0 Å². The lowest BCUT2D eigenvalue weighted by molar-refractivity contribution is -0.189. The molecule has 1 rings (SSSR count). The summed E-state index contributed by atoms with van der Waals surface area (Å²) in [5.74, 6) is -0.642. The summed E-state index contributed by atoms with van der Waals surface area (Å²) in [4.78, 5) is 2.15. The van der Waals surface area contributed by atoms with Gasteiger partial charge in [0.2, 0.25) is 0 Å². The smallest absolute Gasteiger partial charge is 0.312 e. The molecule has 0 spiro atoms. The van der Waals surface area contributed by atoms with Gasteiger partial charge in [0.25, 0.3) is 0 Å². The average molecular weight is 308 g/mol. The fraction of sp³-hybridized carbons (Fsp3) is 1.00. The van der Waals surface area contributed by atoms with E-state index in [2.05, 4.69) is 24.1 Å². The van der Waals surface area contributed by atoms with Crippen LogP contribution in [0.4, 0.5) is 13.2 Å². The van der Waals surface area contributed by atoms with Gasteiger partial charge >= 0.3 is 6.18 Å². The molecule has 1 aliphatic rings. The van der Waals surface area contributed by atoms with Crippen molar-refractivity contribution < 1.29 is 13.2 Å². The summed E-state index contributed by atoms with van der Waals surface area (Å²) < 4.78 is 39.3. The molecule has 1 aliphatic carbocycles. The predicted molar refractivity (Wildman–Crippen MR) is 81.4 cm³/mol. The number of hydrogen-bond donors (Lipinski definition) is 1. The molecule has 1 N–H and O–H groups in total. The van der Waals surface area contributed by atoms with Gasteiger partial charge in [0.1, 0.15) is 0 Å². The minimum atomic E-state index is -4.07. The van der Waals surface area contributed by atoms with Gasteiger partial charge in [0.15, 0.2) is 0 Å². The van der Waals surface area contributed by atoms with Crippen molar-refractivity contribution in [3.05, 3.63) is 0 Å². The van der Waals surface area contributed by atoms with Crippen molar-refractivity contribution in [3.63, 3.8) is 0 Å². The largest absolute Gasteiger partial charge is 0.393 e. The molecule has 126 valence electrons. The third-order valence-corrected chi connectivity index (χ3v) is 5.03. The van der Waals surface area contributed by atoms with Crippen LogP contribution in [0.25, 0.3) is 0 Å². The minimum absolute atomic E-state index is 0.277. The lowest BCUT2D eigenvalue weighted by atomic mass is 9.83. The summed E-state index contributed by atoms with van der Waals surface area (Å²) in [6, 6.07) is -0.105. The Labute approximate surface area is 127 Å². The summed E-state index contributed by atoms with van der Waals surface area (Å²) >= 11 is 0. The Hall–Kier alpha value is -0.290. The van der Waals surface area contributed by atoms with Crippen molar-refractivity contribution in [1.29, 1.82) is 0 Å². The summed E-state index contributed by atoms with van der Waals surface area (Å²) in [6.07, 6.45) is 0.587. The molecule has 3 atom stereocenters. The van der Waals surface area contributed by atoms with Gasteiger partial charge in [-0.25, -0.2) is 0 Å². The maximum atomic E-state index is 13.1. The van der Waals surface area contributed by atoms with Gasteiger partial charge in [-0.05, 0) is 32.9 Å². The SMILES string of the molecule is CCC(CC)C(CNC1CCCCC1C(F)(F)F)N(C)C. The molecule has 0 aliphatic heterocycles. The molecule has 0 amide bonds. The fourth-order valence-corrected chi connectivity index (χ4v) is 3.64. The Kier molecular flexibility index (Phi) is 7.48. The molecule has 0 aromatic carbocycles. The van der Waals surface area contributed by atoms with E-state index in [1.165, 1.54) is 0 Å². The Morgan fingerprint density at radius 1 is 1.10 bits per heavy atom. The van der Waals surface area contributed by atoms with Crippen molar-refractivity contribution >= 4 is 0 Å². The Balaban J connectivity index is 2.64. The van der Waals surface area contributed by atoms with Gasteiger partial charge < -0.3 is 10.2 Å². The fourth-order valence-electron chi connectivity index (χ4n) is 3.64. The van der Waals surface area contributed by atoms with E-state index in [1.807, 2.05) is 14.1 Å². The second-order valence-electron chi connectivity index (χ2n) is 6.55. The van der Waals surface area contributed by atoms with Gasteiger partial charge in [0.05, 0.1) is 5.92 Å². The molecule has 1 saturated carbocycles. The molecule has 0 heterocycles. The normalized spacial score (nSPS) is 25.6. The Bertz CT molecular complexity index is 288. The number of likely N-dealkylation sites (N-methyl/N-ethyl adjacent to an activating group) is 1. The zero-order valence-electron chi connectivity index (χ0n) is 13.8. The van der Waals surface area contributed by atoms with E-state index < -0.39 is 18.1 Å². The first kappa shape index (κ1) is 18.8. The highest BCUT2D eigenvalue weighted by Crippen LogP contribution is 2.37. The zero-order valence-corrected chi connectivity index (χ0v) is 13.8. The van der Waals surface area contributed by atoms with E-state index in [1.54, 1.807) is 0 Å². The maximum absolute atomic E-state index is 13.1. The van der Waals surface area contributed by atoms with Gasteiger partial charge in [-0.3, -0.25) is 0 Å². The van der Waals surface area contributed by atoms with Crippen LogP contribution in [0.1, 0.15) is 52.4 Å². The monoisotopic (exact) mass is 308 g/mol. The van der Waals surface area contributed by atoms with Gasteiger partial charge in [0, 0.05) is 18.6 Å². The highest BCUT2D eigenvalue weighted by Gasteiger charge is 2.45. The van der Waals surface area contributed by atoms with Gasteiger partial charge in [-0.2, -0.15) is 13.2 Å². The number of nitrogens with zero attached hydrogens (tertiary/aromatic N) is 1. The summed E-state index contributed by atoms with van der Waals surface area (Å²) in [6.45, 7) is 4.96. The first-order valence-electron chi connectivity index (χ1n) is 8.27.